The van der Waals surface area contributed by atoms with E-state index in [2.05, 4.69) is 63.5 Å². The average molecular weight is 1320 g/mol. The minimum absolute atomic E-state index is 0. The van der Waals surface area contributed by atoms with Crippen LogP contribution in [-0.2, 0) is 57.5 Å². The van der Waals surface area contributed by atoms with E-state index >= 15 is 9.59 Å². The molecule has 0 radical (unpaired) electrons. The zero-order valence-electron chi connectivity index (χ0n) is 55.7. The van der Waals surface area contributed by atoms with Crippen LogP contribution in [0.3, 0.4) is 0 Å². The van der Waals surface area contributed by atoms with Crippen molar-refractivity contribution in [2.45, 2.75) is 241 Å². The SMILES string of the molecule is C.CC[C@H](C)[C@@H]1NC(=O)[C@@H](CCCN=C(N)N)NC(=O)[C@H](CC(C)C)NC(=O)[C@H]([C@H](O)C(C)C)NC(=O)[C@@H](NC(=O)[C@H](CC(C)(C)C)NC(=O)[C@H](N)CC(C)(C)C)[C@@H](c2ccccc2)NC(=O)[C@H](C)NC(=O)C([C@H](O)C(N)=O)NC(=O)[C@@H](C)NC(=O)[C@H]([C@H](C)O)NC1=O. The maximum absolute atomic E-state index is 15.5. The van der Waals surface area contributed by atoms with Gasteiger partial charge < -0.3 is 96.7 Å². The molecule has 16 atom stereocenters. The van der Waals surface area contributed by atoms with Crippen molar-refractivity contribution < 1.29 is 72.9 Å². The van der Waals surface area contributed by atoms with Crippen molar-refractivity contribution in [2.24, 2.45) is 56.5 Å². The Morgan fingerprint density at radius 1 is 0.591 bits per heavy atom. The van der Waals surface area contributed by atoms with E-state index in [0.29, 0.717) is 0 Å². The van der Waals surface area contributed by atoms with Crippen LogP contribution >= 0.6 is 0 Å². The summed E-state index contributed by atoms with van der Waals surface area (Å²) in [4.78, 5) is 176. The summed E-state index contributed by atoms with van der Waals surface area (Å²) in [6.45, 7) is 24.0. The second-order valence-electron chi connectivity index (χ2n) is 26.9. The summed E-state index contributed by atoms with van der Waals surface area (Å²) in [6, 6.07) is -12.7. The van der Waals surface area contributed by atoms with Crippen molar-refractivity contribution in [3.63, 3.8) is 0 Å². The molecule has 22 N–H and O–H groups in total. The maximum atomic E-state index is 15.5. The van der Waals surface area contributed by atoms with Crippen molar-refractivity contribution in [1.82, 2.24) is 58.5 Å². The summed E-state index contributed by atoms with van der Waals surface area (Å²) in [7, 11) is 0. The first-order valence-corrected chi connectivity index (χ1v) is 31.0. The zero-order valence-corrected chi connectivity index (χ0v) is 55.7. The van der Waals surface area contributed by atoms with Crippen molar-refractivity contribution in [1.29, 1.82) is 0 Å². The normalized spacial score (nSPS) is 25.2. The molecule has 1 aliphatic heterocycles. The maximum Gasteiger partial charge on any atom is 0.248 e. The number of primary amides is 1. The Morgan fingerprint density at radius 3 is 1.56 bits per heavy atom. The number of hydrogen-bond donors (Lipinski definition) is 18. The number of guanidine groups is 1. The highest BCUT2D eigenvalue weighted by Crippen LogP contribution is 2.25. The van der Waals surface area contributed by atoms with Gasteiger partial charge in [0, 0.05) is 6.54 Å². The first-order chi connectivity index (χ1) is 42.5. The highest BCUT2D eigenvalue weighted by Gasteiger charge is 2.43. The van der Waals surface area contributed by atoms with Gasteiger partial charge in [-0.15, -0.1) is 0 Å². The highest BCUT2D eigenvalue weighted by molar-refractivity contribution is 6.01. The molecule has 0 spiro atoms. The van der Waals surface area contributed by atoms with Gasteiger partial charge in [-0.2, -0.15) is 0 Å². The number of amides is 12. The smallest absolute Gasteiger partial charge is 0.248 e. The van der Waals surface area contributed by atoms with Crippen LogP contribution in [0.15, 0.2) is 35.3 Å². The lowest BCUT2D eigenvalue weighted by Crippen LogP contribution is -2.65. The molecule has 0 aliphatic carbocycles. The minimum Gasteiger partial charge on any atom is -0.391 e. The summed E-state index contributed by atoms with van der Waals surface area (Å²) in [6.07, 6.45) is -5.78. The van der Waals surface area contributed by atoms with Crippen LogP contribution in [0.1, 0.15) is 161 Å². The third-order valence-electron chi connectivity index (χ3n) is 15.1. The van der Waals surface area contributed by atoms with Crippen LogP contribution < -0.4 is 81.4 Å². The fraction of sp³-hybridized carbons (Fsp3) is 0.694. The summed E-state index contributed by atoms with van der Waals surface area (Å²) in [5.74, 6) is -15.6. The van der Waals surface area contributed by atoms with Gasteiger partial charge in [-0.25, -0.2) is 0 Å². The van der Waals surface area contributed by atoms with Crippen molar-refractivity contribution in [2.75, 3.05) is 6.54 Å². The number of carbonyl (C=O) groups excluding carboxylic acids is 12. The minimum atomic E-state index is -2.49. The molecular weight excluding hydrogens is 1210 g/mol. The molecule has 0 saturated carbocycles. The fourth-order valence-electron chi connectivity index (χ4n) is 9.72. The quantitative estimate of drug-likeness (QED) is 0.0351. The zero-order chi connectivity index (χ0) is 70.4. The van der Waals surface area contributed by atoms with Crippen molar-refractivity contribution in [3.05, 3.63) is 35.9 Å². The number of aliphatic imine (C=N–C) groups is 1. The molecule has 1 unspecified atom stereocenters. The van der Waals surface area contributed by atoms with E-state index in [4.69, 9.17) is 22.9 Å². The van der Waals surface area contributed by atoms with Gasteiger partial charge in [0.05, 0.1) is 24.3 Å². The Bertz CT molecular complexity index is 2750. The molecule has 93 heavy (non-hydrogen) atoms. The first-order valence-electron chi connectivity index (χ1n) is 31.0. The fourth-order valence-corrected chi connectivity index (χ4v) is 9.72. The van der Waals surface area contributed by atoms with Gasteiger partial charge in [-0.3, -0.25) is 62.5 Å². The van der Waals surface area contributed by atoms with Gasteiger partial charge in [0.25, 0.3) is 0 Å². The molecule has 1 saturated heterocycles. The van der Waals surface area contributed by atoms with E-state index in [0.717, 1.165) is 20.8 Å². The summed E-state index contributed by atoms with van der Waals surface area (Å²) in [5.41, 5.74) is 21.9. The molecule has 1 aromatic carbocycles. The van der Waals surface area contributed by atoms with Gasteiger partial charge in [-0.05, 0) is 87.0 Å². The Hall–Kier alpha value is -8.03. The summed E-state index contributed by atoms with van der Waals surface area (Å²) >= 11 is 0. The molecule has 31 nitrogen and oxygen atoms in total. The number of aliphatic hydroxyl groups is 3. The number of aliphatic hydroxyl groups excluding tert-OH is 3. The summed E-state index contributed by atoms with van der Waals surface area (Å²) in [5, 5.41) is 61.3. The molecule has 0 bridgehead atoms. The number of nitrogens with zero attached hydrogens (tertiary/aromatic N) is 1. The number of nitrogens with one attached hydrogen (secondary N) is 11. The molecular formula is C62H108N16O15. The average Bonchev–Trinajstić information content (AvgIpc) is 0.871. The van der Waals surface area contributed by atoms with Crippen LogP contribution in [-0.4, -0.2) is 183 Å². The molecule has 526 valence electrons. The van der Waals surface area contributed by atoms with Crippen molar-refractivity contribution >= 4 is 76.8 Å². The van der Waals surface area contributed by atoms with Gasteiger partial charge in [0.15, 0.2) is 12.1 Å². The van der Waals surface area contributed by atoms with Crippen LogP contribution in [0, 0.1) is 28.6 Å². The molecule has 1 heterocycles. The van der Waals surface area contributed by atoms with E-state index in [9.17, 15) is 63.3 Å². The van der Waals surface area contributed by atoms with Crippen molar-refractivity contribution in [3.8, 4) is 0 Å². The molecule has 1 fully saturated rings. The lowest BCUT2D eigenvalue weighted by molar-refractivity contribution is -0.140. The predicted molar refractivity (Wildman–Crippen MR) is 347 cm³/mol. The van der Waals surface area contributed by atoms with Crippen LogP contribution in [0.2, 0.25) is 0 Å². The number of benzene rings is 1. The molecule has 31 heteroatoms. The molecule has 12 amide bonds. The van der Waals surface area contributed by atoms with Gasteiger partial charge in [0.1, 0.15) is 60.4 Å². The molecule has 1 aliphatic rings. The number of hydrogen-bond acceptors (Lipinski definition) is 17. The predicted octanol–water partition coefficient (Wildman–Crippen LogP) is -3.03. The van der Waals surface area contributed by atoms with Gasteiger partial charge >= 0.3 is 0 Å². The largest absolute Gasteiger partial charge is 0.391 e. The molecule has 2 rings (SSSR count). The number of carbonyl (C=O) groups is 12. The Morgan fingerprint density at radius 2 is 1.06 bits per heavy atom. The Balaban J connectivity index is 0.0000432. The lowest BCUT2D eigenvalue weighted by Gasteiger charge is -2.35. The van der Waals surface area contributed by atoms with E-state index in [1.165, 1.54) is 38.1 Å². The van der Waals surface area contributed by atoms with Crippen LogP contribution in [0.25, 0.3) is 0 Å². The molecule has 0 aromatic heterocycles. The molecule has 1 aromatic rings. The second-order valence-corrected chi connectivity index (χ2v) is 26.9. The van der Waals surface area contributed by atoms with Gasteiger partial charge in [-0.1, -0.05) is 127 Å². The van der Waals surface area contributed by atoms with E-state index < -0.39 is 184 Å². The number of nitrogens with two attached hydrogens (primary N) is 4. The van der Waals surface area contributed by atoms with Gasteiger partial charge in [0.2, 0.25) is 70.9 Å². The van der Waals surface area contributed by atoms with E-state index in [-0.39, 0.29) is 69.9 Å². The second kappa shape index (κ2) is 37.6. The van der Waals surface area contributed by atoms with Crippen LogP contribution in [0.4, 0.5) is 0 Å². The third kappa shape index (κ3) is 27.6. The monoisotopic (exact) mass is 1320 g/mol. The van der Waals surface area contributed by atoms with E-state index in [1.54, 1.807) is 54.5 Å². The van der Waals surface area contributed by atoms with Crippen LogP contribution in [0.5, 0.6) is 0 Å². The highest BCUT2D eigenvalue weighted by atomic mass is 16.3. The standard InChI is InChI=1S/C61H104N16O15.CH4/c1-16-30(6)39-54(88)73-40(33(9)78)55(89)67-32(8)49(83)76-44(46(80)47(63)81)57(91)68-31(7)48(82)74-41(34-21-18-17-19-22-34)42(75-53(87)38(27-61(13,14)15)71-50(84)35(62)26-60(10,11)12)56(90)77-43(45(79)29(4)5)58(92)70-37(25-28(2)3)52(86)69-36(51(85)72-39)23-20-24-66-59(64)65;/h17-19,21-22,28-33,35-46,78-80H,16,20,23-27,62H2,1-15H3,(H2,63,81)(H,67,89)(H,68,91)(H,69,86)(H,70,92)(H,71,84)(H,72,85)(H,73,88)(H,74,82)(H,75,87)(H,76,83)(H,77,90)(H4,64,65,66);1H4/t30-,31-,32+,33-,35+,36+,37-,38-,39-,40-,41+,42-,43-,44?,45+,46-;/m0./s1. The number of rotatable bonds is 20. The lowest BCUT2D eigenvalue weighted by atomic mass is 9.86. The first kappa shape index (κ1) is 83.0. The third-order valence-corrected chi connectivity index (χ3v) is 15.1. The Labute approximate surface area is 545 Å². The Kier molecular flexibility index (Phi) is 33.6. The topological polar surface area (TPSA) is 514 Å². The summed E-state index contributed by atoms with van der Waals surface area (Å²) < 4.78 is 0. The van der Waals surface area contributed by atoms with E-state index in [1.807, 2.05) is 20.8 Å².